The molecule has 1 aliphatic heterocycles. The molecule has 1 saturated heterocycles. The van der Waals surface area contributed by atoms with Crippen molar-refractivity contribution in [1.29, 1.82) is 0 Å². The second-order valence-electron chi connectivity index (χ2n) is 6.81. The first-order valence-electron chi connectivity index (χ1n) is 8.14. The van der Waals surface area contributed by atoms with Gasteiger partial charge in [-0.05, 0) is 45.0 Å². The standard InChI is InChI=1S/C18H30N2O/c1-14(2)17(18(21)15-9-6-5-7-10-15)20(4)16-11-8-12-19(3)13-16/h5-7,9-10,14,16-18,21H,8,11-13H2,1-4H3. The van der Waals surface area contributed by atoms with E-state index in [1.165, 1.54) is 19.4 Å². The van der Waals surface area contributed by atoms with Crippen LogP contribution in [0.25, 0.3) is 0 Å². The average Bonchev–Trinajstić information content (AvgIpc) is 2.47. The van der Waals surface area contributed by atoms with Gasteiger partial charge in [0, 0.05) is 18.6 Å². The first-order valence-corrected chi connectivity index (χ1v) is 8.14. The monoisotopic (exact) mass is 290 g/mol. The van der Waals surface area contributed by atoms with Crippen molar-refractivity contribution < 1.29 is 5.11 Å². The van der Waals surface area contributed by atoms with Gasteiger partial charge in [0.05, 0.1) is 6.10 Å². The molecule has 1 heterocycles. The Labute approximate surface area is 129 Å². The Morgan fingerprint density at radius 1 is 1.24 bits per heavy atom. The molecule has 3 unspecified atom stereocenters. The van der Waals surface area contributed by atoms with E-state index < -0.39 is 6.10 Å². The molecular formula is C18H30N2O. The molecule has 2 rings (SSSR count). The number of aliphatic hydroxyl groups excluding tert-OH is 1. The number of hydrogen-bond donors (Lipinski definition) is 1. The summed E-state index contributed by atoms with van der Waals surface area (Å²) in [4.78, 5) is 4.81. The minimum absolute atomic E-state index is 0.156. The van der Waals surface area contributed by atoms with E-state index in [0.29, 0.717) is 12.0 Å². The van der Waals surface area contributed by atoms with Crippen molar-refractivity contribution in [1.82, 2.24) is 9.80 Å². The van der Waals surface area contributed by atoms with Gasteiger partial charge >= 0.3 is 0 Å². The lowest BCUT2D eigenvalue weighted by Gasteiger charge is -2.43. The van der Waals surface area contributed by atoms with Crippen LogP contribution in [0.15, 0.2) is 30.3 Å². The molecule has 1 aliphatic rings. The summed E-state index contributed by atoms with van der Waals surface area (Å²) in [6, 6.07) is 10.8. The van der Waals surface area contributed by atoms with E-state index in [-0.39, 0.29) is 6.04 Å². The Hall–Kier alpha value is -0.900. The van der Waals surface area contributed by atoms with Crippen LogP contribution in [0.4, 0.5) is 0 Å². The highest BCUT2D eigenvalue weighted by Gasteiger charge is 2.33. The number of hydrogen-bond acceptors (Lipinski definition) is 3. The summed E-state index contributed by atoms with van der Waals surface area (Å²) in [5.74, 6) is 0.414. The van der Waals surface area contributed by atoms with E-state index in [4.69, 9.17) is 0 Å². The second-order valence-corrected chi connectivity index (χ2v) is 6.81. The lowest BCUT2D eigenvalue weighted by molar-refractivity contribution is -0.00257. The van der Waals surface area contributed by atoms with Gasteiger partial charge in [-0.25, -0.2) is 0 Å². The molecule has 3 heteroatoms. The van der Waals surface area contributed by atoms with Crippen LogP contribution in [0.1, 0.15) is 38.4 Å². The zero-order chi connectivity index (χ0) is 15.4. The summed E-state index contributed by atoms with van der Waals surface area (Å²) >= 11 is 0. The third kappa shape index (κ3) is 4.06. The summed E-state index contributed by atoms with van der Waals surface area (Å²) in [7, 11) is 4.37. The molecule has 1 aromatic carbocycles. The normalized spacial score (nSPS) is 23.5. The third-order valence-corrected chi connectivity index (χ3v) is 4.79. The van der Waals surface area contributed by atoms with Crippen LogP contribution in [-0.2, 0) is 0 Å². The van der Waals surface area contributed by atoms with Crippen LogP contribution in [0, 0.1) is 5.92 Å². The minimum Gasteiger partial charge on any atom is -0.387 e. The quantitative estimate of drug-likeness (QED) is 0.903. The number of likely N-dealkylation sites (tertiary alicyclic amines) is 1. The summed E-state index contributed by atoms with van der Waals surface area (Å²) in [6.07, 6.45) is 2.05. The van der Waals surface area contributed by atoms with Crippen molar-refractivity contribution >= 4 is 0 Å². The van der Waals surface area contributed by atoms with Gasteiger partial charge in [0.1, 0.15) is 0 Å². The van der Waals surface area contributed by atoms with Gasteiger partial charge in [-0.1, -0.05) is 44.2 Å². The zero-order valence-electron chi connectivity index (χ0n) is 13.9. The zero-order valence-corrected chi connectivity index (χ0v) is 13.9. The topological polar surface area (TPSA) is 26.7 Å². The highest BCUT2D eigenvalue weighted by atomic mass is 16.3. The largest absolute Gasteiger partial charge is 0.387 e. The van der Waals surface area contributed by atoms with E-state index in [0.717, 1.165) is 12.1 Å². The molecule has 0 bridgehead atoms. The highest BCUT2D eigenvalue weighted by Crippen LogP contribution is 2.29. The molecule has 0 radical (unpaired) electrons. The number of rotatable bonds is 5. The van der Waals surface area contributed by atoms with Crippen LogP contribution in [0.5, 0.6) is 0 Å². The Kier molecular flexibility index (Phi) is 5.80. The fraction of sp³-hybridized carbons (Fsp3) is 0.667. The first-order chi connectivity index (χ1) is 10.0. The van der Waals surface area contributed by atoms with E-state index in [1.54, 1.807) is 0 Å². The van der Waals surface area contributed by atoms with Crippen LogP contribution < -0.4 is 0 Å². The fourth-order valence-electron chi connectivity index (χ4n) is 3.62. The average molecular weight is 290 g/mol. The summed E-state index contributed by atoms with van der Waals surface area (Å²) < 4.78 is 0. The Bertz CT molecular complexity index is 420. The van der Waals surface area contributed by atoms with Gasteiger partial charge < -0.3 is 10.0 Å². The molecule has 0 spiro atoms. The smallest absolute Gasteiger partial charge is 0.0947 e. The van der Waals surface area contributed by atoms with Crippen LogP contribution in [-0.4, -0.2) is 54.2 Å². The van der Waals surface area contributed by atoms with Crippen molar-refractivity contribution in [2.24, 2.45) is 5.92 Å². The van der Waals surface area contributed by atoms with Crippen molar-refractivity contribution in [3.05, 3.63) is 35.9 Å². The summed E-state index contributed by atoms with van der Waals surface area (Å²) in [5, 5.41) is 10.9. The van der Waals surface area contributed by atoms with Gasteiger partial charge in [-0.2, -0.15) is 0 Å². The third-order valence-electron chi connectivity index (χ3n) is 4.79. The van der Waals surface area contributed by atoms with E-state index >= 15 is 0 Å². The van der Waals surface area contributed by atoms with Crippen LogP contribution in [0.2, 0.25) is 0 Å². The molecule has 3 atom stereocenters. The minimum atomic E-state index is -0.427. The molecule has 21 heavy (non-hydrogen) atoms. The Balaban J connectivity index is 2.14. The Morgan fingerprint density at radius 2 is 1.90 bits per heavy atom. The maximum Gasteiger partial charge on any atom is 0.0947 e. The van der Waals surface area contributed by atoms with Crippen molar-refractivity contribution in [2.45, 2.75) is 44.9 Å². The number of aliphatic hydroxyl groups is 1. The molecule has 1 fully saturated rings. The molecule has 0 saturated carbocycles. The van der Waals surface area contributed by atoms with Crippen LogP contribution in [0.3, 0.4) is 0 Å². The maximum absolute atomic E-state index is 10.9. The lowest BCUT2D eigenvalue weighted by atomic mass is 9.90. The first kappa shape index (κ1) is 16.5. The number of likely N-dealkylation sites (N-methyl/N-ethyl adjacent to an activating group) is 2. The van der Waals surface area contributed by atoms with Gasteiger partial charge in [0.25, 0.3) is 0 Å². The second kappa shape index (κ2) is 7.39. The maximum atomic E-state index is 10.9. The molecule has 0 aromatic heterocycles. The molecular weight excluding hydrogens is 260 g/mol. The molecule has 1 N–H and O–H groups in total. The van der Waals surface area contributed by atoms with Crippen LogP contribution >= 0.6 is 0 Å². The molecule has 118 valence electrons. The molecule has 3 nitrogen and oxygen atoms in total. The van der Waals surface area contributed by atoms with Crippen molar-refractivity contribution in [3.63, 3.8) is 0 Å². The van der Waals surface area contributed by atoms with E-state index in [9.17, 15) is 5.11 Å². The predicted molar refractivity (Wildman–Crippen MR) is 88.3 cm³/mol. The van der Waals surface area contributed by atoms with Gasteiger partial charge in [0.2, 0.25) is 0 Å². The fourth-order valence-corrected chi connectivity index (χ4v) is 3.62. The van der Waals surface area contributed by atoms with Gasteiger partial charge in [0.15, 0.2) is 0 Å². The number of piperidine rings is 1. The molecule has 0 aliphatic carbocycles. The number of nitrogens with zero attached hydrogens (tertiary/aromatic N) is 2. The summed E-state index contributed by atoms with van der Waals surface area (Å²) in [5.41, 5.74) is 1.02. The summed E-state index contributed by atoms with van der Waals surface area (Å²) in [6.45, 7) is 6.71. The molecule has 0 amide bonds. The molecule has 1 aromatic rings. The van der Waals surface area contributed by atoms with E-state index in [1.807, 2.05) is 30.3 Å². The van der Waals surface area contributed by atoms with Gasteiger partial charge in [-0.3, -0.25) is 4.90 Å². The number of benzene rings is 1. The lowest BCUT2D eigenvalue weighted by Crippen LogP contribution is -2.52. The van der Waals surface area contributed by atoms with Crippen molar-refractivity contribution in [2.75, 3.05) is 27.2 Å². The predicted octanol–water partition coefficient (Wildman–Crippen LogP) is 2.77. The highest BCUT2D eigenvalue weighted by molar-refractivity contribution is 5.19. The van der Waals surface area contributed by atoms with E-state index in [2.05, 4.69) is 37.7 Å². The Morgan fingerprint density at radius 3 is 2.48 bits per heavy atom. The SMILES string of the molecule is CC(C)C(C(O)c1ccccc1)N(C)C1CCCN(C)C1. The van der Waals surface area contributed by atoms with Gasteiger partial charge in [-0.15, -0.1) is 0 Å². The van der Waals surface area contributed by atoms with Crippen molar-refractivity contribution in [3.8, 4) is 0 Å².